The predicted molar refractivity (Wildman–Crippen MR) is 105 cm³/mol. The molecule has 0 aliphatic carbocycles. The number of hydrogen-bond acceptors (Lipinski definition) is 4. The van der Waals surface area contributed by atoms with Crippen molar-refractivity contribution in [3.8, 4) is 11.5 Å². The zero-order chi connectivity index (χ0) is 20.0. The molecule has 0 unspecified atom stereocenters. The molecule has 2 rings (SSSR count). The standard InChI is InChI=1S/C20H23ClN2O4/c1-20(2,18(24)22-12-13-7-5-6-8-16(13)26-3)19(25)23-15-11-14(21)9-10-17(15)27-4/h5-11H,12H2,1-4H3,(H,22,24)(H,23,25). The SMILES string of the molecule is COc1ccccc1CNC(=O)C(C)(C)C(=O)Nc1cc(Cl)ccc1OC. The lowest BCUT2D eigenvalue weighted by atomic mass is 9.90. The van der Waals surface area contributed by atoms with Gasteiger partial charge in [-0.1, -0.05) is 29.8 Å². The third-order valence-electron chi connectivity index (χ3n) is 4.18. The molecule has 0 aliphatic heterocycles. The summed E-state index contributed by atoms with van der Waals surface area (Å²) >= 11 is 5.98. The van der Waals surface area contributed by atoms with Gasteiger partial charge in [0, 0.05) is 17.1 Å². The number of carbonyl (C=O) groups is 2. The lowest BCUT2D eigenvalue weighted by Gasteiger charge is -2.23. The highest BCUT2D eigenvalue weighted by Crippen LogP contribution is 2.29. The molecule has 0 heterocycles. The summed E-state index contributed by atoms with van der Waals surface area (Å²) in [4.78, 5) is 25.3. The van der Waals surface area contributed by atoms with E-state index in [1.807, 2.05) is 24.3 Å². The fourth-order valence-corrected chi connectivity index (χ4v) is 2.58. The van der Waals surface area contributed by atoms with Crippen LogP contribution in [0.3, 0.4) is 0 Å². The third kappa shape index (κ3) is 4.92. The summed E-state index contributed by atoms with van der Waals surface area (Å²) in [6.07, 6.45) is 0. The maximum Gasteiger partial charge on any atom is 0.239 e. The number of para-hydroxylation sites is 1. The van der Waals surface area contributed by atoms with Crippen molar-refractivity contribution in [2.45, 2.75) is 20.4 Å². The summed E-state index contributed by atoms with van der Waals surface area (Å²) in [7, 11) is 3.06. The fraction of sp³-hybridized carbons (Fsp3) is 0.300. The first-order valence-electron chi connectivity index (χ1n) is 8.34. The van der Waals surface area contributed by atoms with Gasteiger partial charge in [0.05, 0.1) is 19.9 Å². The molecule has 144 valence electrons. The Morgan fingerprint density at radius 2 is 1.67 bits per heavy atom. The van der Waals surface area contributed by atoms with E-state index < -0.39 is 17.2 Å². The lowest BCUT2D eigenvalue weighted by Crippen LogP contribution is -2.44. The topological polar surface area (TPSA) is 76.7 Å². The van der Waals surface area contributed by atoms with Gasteiger partial charge in [0.1, 0.15) is 16.9 Å². The van der Waals surface area contributed by atoms with Crippen molar-refractivity contribution < 1.29 is 19.1 Å². The number of carbonyl (C=O) groups excluding carboxylic acids is 2. The number of halogens is 1. The molecule has 0 atom stereocenters. The third-order valence-corrected chi connectivity index (χ3v) is 4.41. The number of benzene rings is 2. The fourth-order valence-electron chi connectivity index (χ4n) is 2.41. The first-order valence-corrected chi connectivity index (χ1v) is 8.72. The summed E-state index contributed by atoms with van der Waals surface area (Å²) in [6, 6.07) is 12.2. The second-order valence-corrected chi connectivity index (χ2v) is 6.85. The Kier molecular flexibility index (Phi) is 6.69. The minimum absolute atomic E-state index is 0.250. The molecule has 2 aromatic carbocycles. The Bertz CT molecular complexity index is 836. The zero-order valence-electron chi connectivity index (χ0n) is 15.8. The summed E-state index contributed by atoms with van der Waals surface area (Å²) in [6.45, 7) is 3.36. The quantitative estimate of drug-likeness (QED) is 0.707. The summed E-state index contributed by atoms with van der Waals surface area (Å²) < 4.78 is 10.5. The Morgan fingerprint density at radius 3 is 2.33 bits per heavy atom. The van der Waals surface area contributed by atoms with E-state index in [1.165, 1.54) is 7.11 Å². The average molecular weight is 391 g/mol. The minimum Gasteiger partial charge on any atom is -0.496 e. The van der Waals surface area contributed by atoms with Gasteiger partial charge in [0.25, 0.3) is 0 Å². The van der Waals surface area contributed by atoms with Crippen molar-refractivity contribution in [3.63, 3.8) is 0 Å². The Morgan fingerprint density at radius 1 is 1.00 bits per heavy atom. The highest BCUT2D eigenvalue weighted by atomic mass is 35.5. The number of nitrogens with one attached hydrogen (secondary N) is 2. The van der Waals surface area contributed by atoms with Crippen molar-refractivity contribution in [2.24, 2.45) is 5.41 Å². The molecule has 27 heavy (non-hydrogen) atoms. The van der Waals surface area contributed by atoms with Gasteiger partial charge in [-0.15, -0.1) is 0 Å². The molecule has 0 spiro atoms. The number of hydrogen-bond donors (Lipinski definition) is 2. The Labute approximate surface area is 163 Å². The molecule has 0 aliphatic rings. The first-order chi connectivity index (χ1) is 12.8. The number of anilines is 1. The second-order valence-electron chi connectivity index (χ2n) is 6.42. The zero-order valence-corrected chi connectivity index (χ0v) is 16.5. The summed E-state index contributed by atoms with van der Waals surface area (Å²) in [5.41, 5.74) is -0.0864. The van der Waals surface area contributed by atoms with Crippen LogP contribution in [0.25, 0.3) is 0 Å². The molecule has 2 amide bonds. The molecular formula is C20H23ClN2O4. The normalized spacial score (nSPS) is 10.9. The molecule has 0 saturated heterocycles. The van der Waals surface area contributed by atoms with Crippen LogP contribution in [-0.4, -0.2) is 26.0 Å². The average Bonchev–Trinajstić information content (AvgIpc) is 2.66. The smallest absolute Gasteiger partial charge is 0.239 e. The molecule has 2 N–H and O–H groups in total. The molecule has 7 heteroatoms. The van der Waals surface area contributed by atoms with Crippen LogP contribution in [0, 0.1) is 5.41 Å². The highest BCUT2D eigenvalue weighted by molar-refractivity contribution is 6.31. The molecule has 0 aromatic heterocycles. The number of rotatable bonds is 7. The van der Waals surface area contributed by atoms with Crippen LogP contribution >= 0.6 is 11.6 Å². The molecule has 0 fully saturated rings. The minimum atomic E-state index is -1.31. The monoisotopic (exact) mass is 390 g/mol. The van der Waals surface area contributed by atoms with Crippen molar-refractivity contribution in [2.75, 3.05) is 19.5 Å². The van der Waals surface area contributed by atoms with Crippen LogP contribution < -0.4 is 20.1 Å². The van der Waals surface area contributed by atoms with Gasteiger partial charge in [0.15, 0.2) is 0 Å². The number of methoxy groups -OCH3 is 2. The van der Waals surface area contributed by atoms with Gasteiger partial charge in [-0.2, -0.15) is 0 Å². The maximum atomic E-state index is 12.7. The first kappa shape index (κ1) is 20.6. The van der Waals surface area contributed by atoms with Crippen LogP contribution in [-0.2, 0) is 16.1 Å². The number of ether oxygens (including phenoxy) is 2. The van der Waals surface area contributed by atoms with Crippen LogP contribution in [0.2, 0.25) is 5.02 Å². The molecule has 6 nitrogen and oxygen atoms in total. The molecule has 2 aromatic rings. The van der Waals surface area contributed by atoms with Gasteiger partial charge < -0.3 is 20.1 Å². The lowest BCUT2D eigenvalue weighted by molar-refractivity contribution is -0.138. The van der Waals surface area contributed by atoms with E-state index in [4.69, 9.17) is 21.1 Å². The summed E-state index contributed by atoms with van der Waals surface area (Å²) in [5, 5.41) is 5.94. The van der Waals surface area contributed by atoms with Crippen molar-refractivity contribution in [1.82, 2.24) is 5.32 Å². The van der Waals surface area contributed by atoms with E-state index in [0.29, 0.717) is 22.2 Å². The van der Waals surface area contributed by atoms with Gasteiger partial charge in [0.2, 0.25) is 11.8 Å². The Hall–Kier alpha value is -2.73. The highest BCUT2D eigenvalue weighted by Gasteiger charge is 2.36. The molecule has 0 saturated carbocycles. The van der Waals surface area contributed by atoms with Crippen LogP contribution in [0.1, 0.15) is 19.4 Å². The molecule has 0 bridgehead atoms. The van der Waals surface area contributed by atoms with E-state index in [0.717, 1.165) is 5.56 Å². The van der Waals surface area contributed by atoms with Gasteiger partial charge in [-0.3, -0.25) is 9.59 Å². The van der Waals surface area contributed by atoms with Gasteiger partial charge >= 0.3 is 0 Å². The van der Waals surface area contributed by atoms with E-state index in [9.17, 15) is 9.59 Å². The maximum absolute atomic E-state index is 12.7. The van der Waals surface area contributed by atoms with Crippen molar-refractivity contribution in [3.05, 3.63) is 53.1 Å². The molecular weight excluding hydrogens is 368 g/mol. The van der Waals surface area contributed by atoms with E-state index in [2.05, 4.69) is 10.6 Å². The van der Waals surface area contributed by atoms with E-state index in [1.54, 1.807) is 39.2 Å². The summed E-state index contributed by atoms with van der Waals surface area (Å²) in [5.74, 6) is 0.245. The van der Waals surface area contributed by atoms with E-state index in [-0.39, 0.29) is 6.54 Å². The number of amides is 2. The second kappa shape index (κ2) is 8.77. The van der Waals surface area contributed by atoms with Crippen LogP contribution in [0.5, 0.6) is 11.5 Å². The van der Waals surface area contributed by atoms with E-state index >= 15 is 0 Å². The Balaban J connectivity index is 2.09. The molecule has 0 radical (unpaired) electrons. The van der Waals surface area contributed by atoms with Crippen LogP contribution in [0.4, 0.5) is 5.69 Å². The van der Waals surface area contributed by atoms with Gasteiger partial charge in [-0.05, 0) is 38.1 Å². The van der Waals surface area contributed by atoms with Crippen molar-refractivity contribution >= 4 is 29.1 Å². The predicted octanol–water partition coefficient (Wildman–Crippen LogP) is 3.64. The van der Waals surface area contributed by atoms with Crippen molar-refractivity contribution in [1.29, 1.82) is 0 Å². The van der Waals surface area contributed by atoms with Crippen LogP contribution in [0.15, 0.2) is 42.5 Å². The largest absolute Gasteiger partial charge is 0.496 e. The van der Waals surface area contributed by atoms with Gasteiger partial charge in [-0.25, -0.2) is 0 Å².